The van der Waals surface area contributed by atoms with E-state index in [1.807, 2.05) is 30.3 Å². The van der Waals surface area contributed by atoms with Crippen molar-refractivity contribution in [1.82, 2.24) is 5.32 Å². The maximum Gasteiger partial charge on any atom is 0.218 e. The first-order valence-electron chi connectivity index (χ1n) is 5.17. The average molecular weight is 217 g/mol. The fourth-order valence-electron chi connectivity index (χ4n) is 1.45. The van der Waals surface area contributed by atoms with E-state index in [-0.39, 0.29) is 18.4 Å². The van der Waals surface area contributed by atoms with Gasteiger partial charge in [0.05, 0.1) is 12.5 Å². The quantitative estimate of drug-likeness (QED) is 0.749. The van der Waals surface area contributed by atoms with Crippen LogP contribution in [0.1, 0.15) is 24.4 Å². The van der Waals surface area contributed by atoms with Crippen LogP contribution in [-0.4, -0.2) is 12.5 Å². The number of hydrogen-bond acceptors (Lipinski definition) is 3. The van der Waals surface area contributed by atoms with Crippen molar-refractivity contribution in [2.24, 2.45) is 5.73 Å². The van der Waals surface area contributed by atoms with Crippen molar-refractivity contribution < 1.29 is 4.79 Å². The number of nitrogens with zero attached hydrogens (tertiary/aromatic N) is 1. The largest absolute Gasteiger partial charge is 0.370 e. The van der Waals surface area contributed by atoms with Crippen molar-refractivity contribution in [1.29, 1.82) is 5.26 Å². The molecule has 0 bridgehead atoms. The molecule has 3 N–H and O–H groups in total. The molecule has 1 aromatic rings. The smallest absolute Gasteiger partial charge is 0.218 e. The maximum atomic E-state index is 10.6. The van der Waals surface area contributed by atoms with E-state index in [2.05, 4.69) is 11.4 Å². The molecule has 84 valence electrons. The van der Waals surface area contributed by atoms with Crippen LogP contribution in [0.25, 0.3) is 0 Å². The van der Waals surface area contributed by atoms with Crippen LogP contribution in [-0.2, 0) is 4.79 Å². The number of primary amides is 1. The van der Waals surface area contributed by atoms with Gasteiger partial charge in [0, 0.05) is 19.0 Å². The Morgan fingerprint density at radius 2 is 2.12 bits per heavy atom. The normalized spacial score (nSPS) is 11.7. The Kier molecular flexibility index (Phi) is 5.03. The third-order valence-corrected chi connectivity index (χ3v) is 2.26. The molecular formula is C12H15N3O. The lowest BCUT2D eigenvalue weighted by Gasteiger charge is -2.15. The Labute approximate surface area is 95.1 Å². The lowest BCUT2D eigenvalue weighted by Crippen LogP contribution is -2.26. The molecule has 0 aliphatic rings. The van der Waals surface area contributed by atoms with Crippen LogP contribution in [0.2, 0.25) is 0 Å². The summed E-state index contributed by atoms with van der Waals surface area (Å²) in [5.41, 5.74) is 6.10. The number of hydrogen-bond donors (Lipinski definition) is 2. The van der Waals surface area contributed by atoms with Crippen LogP contribution in [0.3, 0.4) is 0 Å². The first-order valence-corrected chi connectivity index (χ1v) is 5.17. The number of nitriles is 1. The molecule has 1 aromatic carbocycles. The van der Waals surface area contributed by atoms with E-state index in [0.717, 1.165) is 5.56 Å². The Hall–Kier alpha value is -1.86. The third-order valence-electron chi connectivity index (χ3n) is 2.26. The van der Waals surface area contributed by atoms with Crippen molar-refractivity contribution in [2.75, 3.05) is 6.54 Å². The zero-order valence-corrected chi connectivity index (χ0v) is 9.02. The van der Waals surface area contributed by atoms with E-state index in [0.29, 0.717) is 13.0 Å². The highest BCUT2D eigenvalue weighted by Crippen LogP contribution is 2.15. The molecule has 1 unspecified atom stereocenters. The van der Waals surface area contributed by atoms with E-state index in [1.165, 1.54) is 0 Å². The van der Waals surface area contributed by atoms with Gasteiger partial charge in [0.25, 0.3) is 0 Å². The molecule has 4 nitrogen and oxygen atoms in total. The zero-order valence-electron chi connectivity index (χ0n) is 9.02. The summed E-state index contributed by atoms with van der Waals surface area (Å²) in [4.78, 5) is 10.6. The Morgan fingerprint density at radius 3 is 2.69 bits per heavy atom. The minimum Gasteiger partial charge on any atom is -0.370 e. The molecule has 1 amide bonds. The van der Waals surface area contributed by atoms with Crippen molar-refractivity contribution in [3.8, 4) is 6.07 Å². The summed E-state index contributed by atoms with van der Waals surface area (Å²) in [6.07, 6.45) is 0.664. The van der Waals surface area contributed by atoms with Gasteiger partial charge in [0.2, 0.25) is 5.91 Å². The predicted octanol–water partition coefficient (Wildman–Crippen LogP) is 1.11. The minimum absolute atomic E-state index is 0.0365. The van der Waals surface area contributed by atoms with Gasteiger partial charge in [0.1, 0.15) is 0 Å². The molecule has 0 aromatic heterocycles. The van der Waals surface area contributed by atoms with Gasteiger partial charge in [-0.25, -0.2) is 0 Å². The van der Waals surface area contributed by atoms with Gasteiger partial charge in [-0.3, -0.25) is 4.79 Å². The maximum absolute atomic E-state index is 10.6. The molecule has 16 heavy (non-hydrogen) atoms. The summed E-state index contributed by atoms with van der Waals surface area (Å²) < 4.78 is 0. The van der Waals surface area contributed by atoms with Gasteiger partial charge in [-0.05, 0) is 5.56 Å². The van der Waals surface area contributed by atoms with Crippen molar-refractivity contribution >= 4 is 5.91 Å². The molecule has 4 heteroatoms. The van der Waals surface area contributed by atoms with Crippen LogP contribution in [0.4, 0.5) is 0 Å². The van der Waals surface area contributed by atoms with Crippen LogP contribution < -0.4 is 11.1 Å². The van der Waals surface area contributed by atoms with E-state index >= 15 is 0 Å². The number of nitrogens with one attached hydrogen (secondary N) is 1. The van der Waals surface area contributed by atoms with E-state index < -0.39 is 0 Å². The molecular weight excluding hydrogens is 202 g/mol. The second-order valence-corrected chi connectivity index (χ2v) is 3.50. The highest BCUT2D eigenvalue weighted by molar-refractivity contribution is 5.73. The lowest BCUT2D eigenvalue weighted by molar-refractivity contribution is -0.117. The summed E-state index contributed by atoms with van der Waals surface area (Å²) in [5, 5.41) is 11.9. The number of amides is 1. The highest BCUT2D eigenvalue weighted by Gasteiger charge is 2.09. The molecule has 1 atom stereocenters. The average Bonchev–Trinajstić information content (AvgIpc) is 2.29. The van der Waals surface area contributed by atoms with Gasteiger partial charge >= 0.3 is 0 Å². The summed E-state index contributed by atoms with van der Waals surface area (Å²) >= 11 is 0. The Bertz CT molecular complexity index is 370. The lowest BCUT2D eigenvalue weighted by atomic mass is 10.0. The molecule has 0 radical (unpaired) electrons. The summed E-state index contributed by atoms with van der Waals surface area (Å²) in [7, 11) is 0. The molecule has 0 heterocycles. The number of rotatable bonds is 6. The summed E-state index contributed by atoms with van der Waals surface area (Å²) in [6.45, 7) is 0.497. The van der Waals surface area contributed by atoms with Gasteiger partial charge < -0.3 is 11.1 Å². The summed E-state index contributed by atoms with van der Waals surface area (Å²) in [6, 6.07) is 11.8. The standard InChI is InChI=1S/C12H15N3O/c13-8-6-11(15-9-7-12(14)16)10-4-2-1-3-5-10/h1-5,11,15H,6-7,9H2,(H2,14,16). The van der Waals surface area contributed by atoms with E-state index in [9.17, 15) is 4.79 Å². The first-order chi connectivity index (χ1) is 7.74. The SMILES string of the molecule is N#CCC(NCCC(N)=O)c1ccccc1. The Morgan fingerprint density at radius 1 is 1.44 bits per heavy atom. The number of carbonyl (C=O) groups excluding carboxylic acids is 1. The van der Waals surface area contributed by atoms with Crippen molar-refractivity contribution in [3.05, 3.63) is 35.9 Å². The van der Waals surface area contributed by atoms with Crippen LogP contribution in [0, 0.1) is 11.3 Å². The molecule has 0 saturated carbocycles. The van der Waals surface area contributed by atoms with Gasteiger partial charge in [-0.1, -0.05) is 30.3 Å². The monoisotopic (exact) mass is 217 g/mol. The minimum atomic E-state index is -0.337. The van der Waals surface area contributed by atoms with Gasteiger partial charge in [0.15, 0.2) is 0 Å². The topological polar surface area (TPSA) is 78.9 Å². The predicted molar refractivity (Wildman–Crippen MR) is 61.2 cm³/mol. The first kappa shape index (κ1) is 12.2. The molecule has 0 fully saturated rings. The second kappa shape index (κ2) is 6.59. The molecule has 0 saturated heterocycles. The van der Waals surface area contributed by atoms with Crippen molar-refractivity contribution in [2.45, 2.75) is 18.9 Å². The number of benzene rings is 1. The molecule has 1 rings (SSSR count). The number of nitrogens with two attached hydrogens (primary N) is 1. The van der Waals surface area contributed by atoms with Crippen LogP contribution in [0.15, 0.2) is 30.3 Å². The second-order valence-electron chi connectivity index (χ2n) is 3.50. The third kappa shape index (κ3) is 4.11. The van der Waals surface area contributed by atoms with Gasteiger partial charge in [-0.15, -0.1) is 0 Å². The van der Waals surface area contributed by atoms with Crippen LogP contribution >= 0.6 is 0 Å². The van der Waals surface area contributed by atoms with E-state index in [4.69, 9.17) is 11.0 Å². The molecule has 0 aliphatic heterocycles. The fourth-order valence-corrected chi connectivity index (χ4v) is 1.45. The highest BCUT2D eigenvalue weighted by atomic mass is 16.1. The van der Waals surface area contributed by atoms with E-state index in [1.54, 1.807) is 0 Å². The fraction of sp³-hybridized carbons (Fsp3) is 0.333. The molecule has 0 aliphatic carbocycles. The van der Waals surface area contributed by atoms with Crippen LogP contribution in [0.5, 0.6) is 0 Å². The Balaban J connectivity index is 2.55. The zero-order chi connectivity index (χ0) is 11.8. The van der Waals surface area contributed by atoms with Gasteiger partial charge in [-0.2, -0.15) is 5.26 Å². The summed E-state index contributed by atoms with van der Waals surface area (Å²) in [5.74, 6) is -0.337. The van der Waals surface area contributed by atoms with Crippen molar-refractivity contribution in [3.63, 3.8) is 0 Å². The number of carbonyl (C=O) groups is 1. The molecule has 0 spiro atoms.